The largest absolute Gasteiger partial charge is 0.342 e. The van der Waals surface area contributed by atoms with Crippen molar-refractivity contribution in [3.8, 4) is 0 Å². The molecule has 0 aromatic carbocycles. The van der Waals surface area contributed by atoms with Crippen molar-refractivity contribution in [1.82, 2.24) is 20.4 Å². The zero-order valence-corrected chi connectivity index (χ0v) is 13.1. The van der Waals surface area contributed by atoms with Gasteiger partial charge < -0.3 is 14.7 Å². The van der Waals surface area contributed by atoms with Crippen LogP contribution in [0.15, 0.2) is 4.52 Å². The summed E-state index contributed by atoms with van der Waals surface area (Å²) >= 11 is 0. The Morgan fingerprint density at radius 2 is 2.00 bits per heavy atom. The van der Waals surface area contributed by atoms with Crippen molar-refractivity contribution in [2.45, 2.75) is 59.7 Å². The SMILES string of the molecule is CCC1C(=O)NC(C(C)(C)C)C(=O)N1Cc1nc(C)no1. The Hall–Kier alpha value is -1.92. The normalized spacial score (nSPS) is 23.4. The molecule has 2 rings (SSSR count). The van der Waals surface area contributed by atoms with Crippen LogP contribution in [0, 0.1) is 12.3 Å². The molecule has 1 aliphatic rings. The number of carbonyl (C=O) groups is 2. The number of piperazine rings is 1. The van der Waals surface area contributed by atoms with Gasteiger partial charge in [-0.3, -0.25) is 9.59 Å². The summed E-state index contributed by atoms with van der Waals surface area (Å²) in [5, 5.41) is 6.55. The number of aromatic nitrogens is 2. The average molecular weight is 294 g/mol. The van der Waals surface area contributed by atoms with Gasteiger partial charge in [-0.25, -0.2) is 0 Å². The van der Waals surface area contributed by atoms with Crippen molar-refractivity contribution in [2.75, 3.05) is 0 Å². The third-order valence-electron chi connectivity index (χ3n) is 3.62. The standard InChI is InChI=1S/C14H22N4O3/c1-6-9-12(19)16-11(14(3,4)5)13(20)18(9)7-10-15-8(2)17-21-10/h9,11H,6-7H2,1-5H3,(H,16,19). The van der Waals surface area contributed by atoms with E-state index in [4.69, 9.17) is 4.52 Å². The lowest BCUT2D eigenvalue weighted by atomic mass is 9.83. The van der Waals surface area contributed by atoms with Crippen LogP contribution in [0.3, 0.4) is 0 Å². The van der Waals surface area contributed by atoms with Gasteiger partial charge >= 0.3 is 0 Å². The van der Waals surface area contributed by atoms with E-state index in [9.17, 15) is 9.59 Å². The van der Waals surface area contributed by atoms with Gasteiger partial charge in [-0.05, 0) is 18.8 Å². The van der Waals surface area contributed by atoms with Crippen LogP contribution >= 0.6 is 0 Å². The lowest BCUT2D eigenvalue weighted by molar-refractivity contribution is -0.153. The topological polar surface area (TPSA) is 88.3 Å². The third kappa shape index (κ3) is 3.06. The zero-order valence-electron chi connectivity index (χ0n) is 13.1. The first-order valence-electron chi connectivity index (χ1n) is 7.14. The van der Waals surface area contributed by atoms with Gasteiger partial charge in [0.1, 0.15) is 18.6 Å². The van der Waals surface area contributed by atoms with Crippen molar-refractivity contribution in [1.29, 1.82) is 0 Å². The van der Waals surface area contributed by atoms with Crippen LogP contribution in [0.5, 0.6) is 0 Å². The average Bonchev–Trinajstić information content (AvgIpc) is 2.78. The monoisotopic (exact) mass is 294 g/mol. The molecule has 2 amide bonds. The minimum atomic E-state index is -0.545. The maximum absolute atomic E-state index is 12.7. The number of amides is 2. The van der Waals surface area contributed by atoms with E-state index in [0.717, 1.165) is 0 Å². The quantitative estimate of drug-likeness (QED) is 0.899. The van der Waals surface area contributed by atoms with Gasteiger partial charge in [0, 0.05) is 0 Å². The number of hydrogen-bond donors (Lipinski definition) is 1. The summed E-state index contributed by atoms with van der Waals surface area (Å²) in [5.41, 5.74) is -0.353. The molecule has 7 heteroatoms. The predicted molar refractivity (Wildman–Crippen MR) is 75.0 cm³/mol. The molecule has 2 heterocycles. The van der Waals surface area contributed by atoms with Gasteiger partial charge in [-0.15, -0.1) is 0 Å². The lowest BCUT2D eigenvalue weighted by Crippen LogP contribution is -2.66. The van der Waals surface area contributed by atoms with Crippen LogP contribution in [0.4, 0.5) is 0 Å². The zero-order chi connectivity index (χ0) is 15.8. The highest BCUT2D eigenvalue weighted by molar-refractivity contribution is 5.97. The number of carbonyl (C=O) groups excluding carboxylic acids is 2. The highest BCUT2D eigenvalue weighted by Crippen LogP contribution is 2.26. The maximum atomic E-state index is 12.7. The number of nitrogens with zero attached hydrogens (tertiary/aromatic N) is 3. The number of rotatable bonds is 3. The fourth-order valence-electron chi connectivity index (χ4n) is 2.49. The van der Waals surface area contributed by atoms with E-state index in [0.29, 0.717) is 18.1 Å². The first-order chi connectivity index (χ1) is 9.74. The number of nitrogens with one attached hydrogen (secondary N) is 1. The Labute approximate surface area is 124 Å². The molecule has 116 valence electrons. The summed E-state index contributed by atoms with van der Waals surface area (Å²) in [6.45, 7) is 9.54. The summed E-state index contributed by atoms with van der Waals surface area (Å²) < 4.78 is 5.08. The highest BCUT2D eigenvalue weighted by atomic mass is 16.5. The Balaban J connectivity index is 2.28. The fraction of sp³-hybridized carbons (Fsp3) is 0.714. The molecule has 1 aromatic rings. The molecule has 1 N–H and O–H groups in total. The summed E-state index contributed by atoms with van der Waals surface area (Å²) in [4.78, 5) is 30.6. The van der Waals surface area contributed by atoms with Crippen LogP contribution in [0.2, 0.25) is 0 Å². The van der Waals surface area contributed by atoms with E-state index in [2.05, 4.69) is 15.5 Å². The molecule has 1 aliphatic heterocycles. The lowest BCUT2D eigenvalue weighted by Gasteiger charge is -2.42. The molecular formula is C14H22N4O3. The molecule has 0 radical (unpaired) electrons. The van der Waals surface area contributed by atoms with Gasteiger partial charge in [0.05, 0.1) is 0 Å². The summed E-state index contributed by atoms with van der Waals surface area (Å²) in [7, 11) is 0. The van der Waals surface area contributed by atoms with E-state index in [1.54, 1.807) is 11.8 Å². The molecule has 0 aliphatic carbocycles. The van der Waals surface area contributed by atoms with Crippen LogP contribution in [0.1, 0.15) is 45.8 Å². The number of hydrogen-bond acceptors (Lipinski definition) is 5. The van der Waals surface area contributed by atoms with Crippen molar-refractivity contribution in [2.24, 2.45) is 5.41 Å². The Bertz CT molecular complexity index is 547. The second-order valence-corrected chi connectivity index (χ2v) is 6.43. The van der Waals surface area contributed by atoms with E-state index in [1.807, 2.05) is 27.7 Å². The first-order valence-corrected chi connectivity index (χ1v) is 7.14. The van der Waals surface area contributed by atoms with Crippen molar-refractivity contribution < 1.29 is 14.1 Å². The Kier molecular flexibility index (Phi) is 4.02. The highest BCUT2D eigenvalue weighted by Gasteiger charge is 2.44. The van der Waals surface area contributed by atoms with Crippen molar-refractivity contribution in [3.63, 3.8) is 0 Å². The van der Waals surface area contributed by atoms with Crippen LogP contribution in [-0.2, 0) is 16.1 Å². The molecule has 0 saturated carbocycles. The van der Waals surface area contributed by atoms with Gasteiger partial charge in [0.25, 0.3) is 0 Å². The Morgan fingerprint density at radius 3 is 2.48 bits per heavy atom. The molecule has 2 unspecified atom stereocenters. The van der Waals surface area contributed by atoms with E-state index in [1.165, 1.54) is 0 Å². The predicted octanol–water partition coefficient (Wildman–Crippen LogP) is 1.03. The second-order valence-electron chi connectivity index (χ2n) is 6.43. The summed E-state index contributed by atoms with van der Waals surface area (Å²) in [6.07, 6.45) is 0.543. The van der Waals surface area contributed by atoms with E-state index >= 15 is 0 Å². The van der Waals surface area contributed by atoms with Crippen LogP contribution < -0.4 is 5.32 Å². The molecule has 7 nitrogen and oxygen atoms in total. The van der Waals surface area contributed by atoms with Gasteiger partial charge in [0.15, 0.2) is 5.82 Å². The first kappa shape index (κ1) is 15.5. The molecule has 0 spiro atoms. The van der Waals surface area contributed by atoms with Gasteiger partial charge in [-0.2, -0.15) is 4.98 Å². The molecule has 2 atom stereocenters. The maximum Gasteiger partial charge on any atom is 0.246 e. The molecule has 1 aromatic heterocycles. The van der Waals surface area contributed by atoms with Crippen molar-refractivity contribution in [3.05, 3.63) is 11.7 Å². The minimum Gasteiger partial charge on any atom is -0.342 e. The number of aryl methyl sites for hydroxylation is 1. The third-order valence-corrected chi connectivity index (χ3v) is 3.62. The molecule has 1 fully saturated rings. The summed E-state index contributed by atoms with van der Waals surface area (Å²) in [5.74, 6) is 0.624. The smallest absolute Gasteiger partial charge is 0.246 e. The molecule has 1 saturated heterocycles. The molecule has 0 bridgehead atoms. The minimum absolute atomic E-state index is 0.107. The van der Waals surface area contributed by atoms with E-state index in [-0.39, 0.29) is 23.8 Å². The van der Waals surface area contributed by atoms with Crippen LogP contribution in [-0.4, -0.2) is 38.9 Å². The fourth-order valence-corrected chi connectivity index (χ4v) is 2.49. The van der Waals surface area contributed by atoms with Gasteiger partial charge in [0.2, 0.25) is 17.7 Å². The van der Waals surface area contributed by atoms with E-state index < -0.39 is 12.1 Å². The Morgan fingerprint density at radius 1 is 1.33 bits per heavy atom. The van der Waals surface area contributed by atoms with Crippen molar-refractivity contribution >= 4 is 11.8 Å². The second kappa shape index (κ2) is 5.46. The molecule has 21 heavy (non-hydrogen) atoms. The summed E-state index contributed by atoms with van der Waals surface area (Å²) in [6, 6.07) is -1.04. The van der Waals surface area contributed by atoms with Crippen LogP contribution in [0.25, 0.3) is 0 Å². The molecular weight excluding hydrogens is 272 g/mol. The van der Waals surface area contributed by atoms with Gasteiger partial charge in [-0.1, -0.05) is 32.9 Å².